The minimum Gasteiger partial charge on any atom is -0.281 e. The summed E-state index contributed by atoms with van der Waals surface area (Å²) in [4.78, 5) is 10.3. The summed E-state index contributed by atoms with van der Waals surface area (Å²) in [5.41, 5.74) is 0. The first kappa shape index (κ1) is 9.82. The maximum Gasteiger partial charge on any atom is 0.239 e. The van der Waals surface area contributed by atoms with Crippen molar-refractivity contribution in [2.24, 2.45) is 5.92 Å². The van der Waals surface area contributed by atoms with Crippen molar-refractivity contribution in [3.05, 3.63) is 0 Å². The molecule has 0 aliphatic heterocycles. The van der Waals surface area contributed by atoms with Crippen molar-refractivity contribution in [1.29, 1.82) is 0 Å². The summed E-state index contributed by atoms with van der Waals surface area (Å²) in [6.07, 6.45) is -2.47. The molecule has 0 spiro atoms. The lowest BCUT2D eigenvalue weighted by Gasteiger charge is -2.06. The fourth-order valence-corrected chi connectivity index (χ4v) is 0.878. The van der Waals surface area contributed by atoms with E-state index < -0.39 is 24.0 Å². The average molecular weight is 171 g/mol. The van der Waals surface area contributed by atoms with E-state index in [1.165, 1.54) is 0 Å². The Labute approximate surface area is 63.4 Å². The minimum atomic E-state index is -2.44. The molecule has 10 heavy (non-hydrogen) atoms. The summed E-state index contributed by atoms with van der Waals surface area (Å²) in [7, 11) is 0. The van der Waals surface area contributed by atoms with E-state index in [2.05, 4.69) is 0 Å². The van der Waals surface area contributed by atoms with Crippen molar-refractivity contribution < 1.29 is 13.6 Å². The topological polar surface area (TPSA) is 17.1 Å². The molecule has 4 heteroatoms. The van der Waals surface area contributed by atoms with Crippen molar-refractivity contribution >= 4 is 16.8 Å². The first-order valence-corrected chi connectivity index (χ1v) is 3.43. The lowest BCUT2D eigenvalue weighted by Crippen LogP contribution is -2.11. The van der Waals surface area contributed by atoms with Gasteiger partial charge in [0.1, 0.15) is 0 Å². The standard InChI is InChI=1S/C6H9ClF2O/c1-2-4(6(7)10)3-5(8)9/h4-5H,2-3H2,1H3. The van der Waals surface area contributed by atoms with Gasteiger partial charge in [0.15, 0.2) is 0 Å². The maximum absolute atomic E-state index is 11.6. The van der Waals surface area contributed by atoms with Gasteiger partial charge in [-0.25, -0.2) is 8.78 Å². The molecule has 0 saturated heterocycles. The predicted octanol–water partition coefficient (Wildman–Crippen LogP) is 2.43. The van der Waals surface area contributed by atoms with Crippen LogP contribution < -0.4 is 0 Å². The number of halogens is 3. The van der Waals surface area contributed by atoms with E-state index in [1.54, 1.807) is 6.92 Å². The highest BCUT2D eigenvalue weighted by atomic mass is 35.5. The molecule has 0 aliphatic rings. The lowest BCUT2D eigenvalue weighted by molar-refractivity contribution is -0.116. The molecule has 1 atom stereocenters. The lowest BCUT2D eigenvalue weighted by atomic mass is 10.1. The molecule has 0 amide bonds. The molecule has 1 unspecified atom stereocenters. The number of rotatable bonds is 4. The smallest absolute Gasteiger partial charge is 0.239 e. The Bertz CT molecular complexity index is 116. The normalized spacial score (nSPS) is 13.7. The van der Waals surface area contributed by atoms with E-state index in [0.29, 0.717) is 6.42 Å². The first-order chi connectivity index (χ1) is 4.57. The van der Waals surface area contributed by atoms with Crippen molar-refractivity contribution in [2.75, 3.05) is 0 Å². The van der Waals surface area contributed by atoms with Gasteiger partial charge in [0.05, 0.1) is 0 Å². The summed E-state index contributed by atoms with van der Waals surface area (Å²) in [5, 5.41) is -0.664. The molecule has 0 heterocycles. The van der Waals surface area contributed by atoms with Crippen LogP contribution in [0.2, 0.25) is 0 Å². The van der Waals surface area contributed by atoms with Crippen molar-refractivity contribution in [3.63, 3.8) is 0 Å². The molecule has 60 valence electrons. The monoisotopic (exact) mass is 170 g/mol. The van der Waals surface area contributed by atoms with Gasteiger partial charge in [-0.05, 0) is 18.0 Å². The van der Waals surface area contributed by atoms with Crippen LogP contribution in [0.3, 0.4) is 0 Å². The van der Waals surface area contributed by atoms with E-state index in [4.69, 9.17) is 11.6 Å². The fraction of sp³-hybridized carbons (Fsp3) is 0.833. The Morgan fingerprint density at radius 2 is 2.10 bits per heavy atom. The average Bonchev–Trinajstić information content (AvgIpc) is 1.81. The highest BCUT2D eigenvalue weighted by Gasteiger charge is 2.18. The zero-order valence-corrected chi connectivity index (χ0v) is 6.37. The molecule has 0 fully saturated rings. The minimum absolute atomic E-state index is 0.382. The molecule has 0 rings (SSSR count). The van der Waals surface area contributed by atoms with Crippen LogP contribution in [0.15, 0.2) is 0 Å². The molecular formula is C6H9ClF2O. The van der Waals surface area contributed by atoms with Gasteiger partial charge in [-0.1, -0.05) is 6.92 Å². The third kappa shape index (κ3) is 3.77. The molecule has 0 saturated carbocycles. The Hall–Kier alpha value is -0.180. The molecule has 0 aromatic heterocycles. The second kappa shape index (κ2) is 4.61. The third-order valence-electron chi connectivity index (χ3n) is 1.28. The van der Waals surface area contributed by atoms with E-state index in [9.17, 15) is 13.6 Å². The van der Waals surface area contributed by atoms with E-state index in [0.717, 1.165) is 0 Å². The summed E-state index contributed by atoms with van der Waals surface area (Å²) in [6.45, 7) is 1.66. The Morgan fingerprint density at radius 3 is 2.20 bits per heavy atom. The molecular weight excluding hydrogens is 162 g/mol. The summed E-state index contributed by atoms with van der Waals surface area (Å²) >= 11 is 5.02. The SMILES string of the molecule is CCC(CC(F)F)C(=O)Cl. The second-order valence-corrected chi connectivity index (χ2v) is 2.41. The van der Waals surface area contributed by atoms with Crippen LogP contribution in [0.1, 0.15) is 19.8 Å². The third-order valence-corrected chi connectivity index (χ3v) is 1.59. The maximum atomic E-state index is 11.6. The number of hydrogen-bond donors (Lipinski definition) is 0. The molecule has 1 nitrogen and oxygen atoms in total. The molecule has 0 aromatic rings. The van der Waals surface area contributed by atoms with E-state index in [-0.39, 0.29) is 0 Å². The Kier molecular flexibility index (Phi) is 4.52. The zero-order chi connectivity index (χ0) is 8.15. The quantitative estimate of drug-likeness (QED) is 0.593. The fourth-order valence-electron chi connectivity index (χ4n) is 0.635. The van der Waals surface area contributed by atoms with Crippen LogP contribution in [0.25, 0.3) is 0 Å². The van der Waals surface area contributed by atoms with Gasteiger partial charge in [-0.2, -0.15) is 0 Å². The first-order valence-electron chi connectivity index (χ1n) is 3.05. The predicted molar refractivity (Wildman–Crippen MR) is 35.3 cm³/mol. The van der Waals surface area contributed by atoms with Gasteiger partial charge in [0, 0.05) is 12.3 Å². The molecule has 0 N–H and O–H groups in total. The summed E-state index contributed by atoms with van der Waals surface area (Å²) < 4.78 is 23.2. The van der Waals surface area contributed by atoms with E-state index >= 15 is 0 Å². The van der Waals surface area contributed by atoms with Crippen LogP contribution in [-0.4, -0.2) is 11.7 Å². The van der Waals surface area contributed by atoms with Crippen LogP contribution >= 0.6 is 11.6 Å². The van der Waals surface area contributed by atoms with Gasteiger partial charge in [0.25, 0.3) is 0 Å². The Balaban J connectivity index is 3.72. The highest BCUT2D eigenvalue weighted by molar-refractivity contribution is 6.63. The van der Waals surface area contributed by atoms with Crippen molar-refractivity contribution in [1.82, 2.24) is 0 Å². The van der Waals surface area contributed by atoms with Crippen LogP contribution in [0.5, 0.6) is 0 Å². The van der Waals surface area contributed by atoms with Crippen molar-refractivity contribution in [2.45, 2.75) is 26.2 Å². The largest absolute Gasteiger partial charge is 0.281 e. The number of carbonyl (C=O) groups is 1. The Morgan fingerprint density at radius 1 is 1.60 bits per heavy atom. The highest BCUT2D eigenvalue weighted by Crippen LogP contribution is 2.16. The molecule has 0 aliphatic carbocycles. The van der Waals surface area contributed by atoms with Gasteiger partial charge < -0.3 is 0 Å². The summed E-state index contributed by atoms with van der Waals surface area (Å²) in [5.74, 6) is -0.679. The van der Waals surface area contributed by atoms with Gasteiger partial charge in [0.2, 0.25) is 11.7 Å². The number of hydrogen-bond acceptors (Lipinski definition) is 1. The van der Waals surface area contributed by atoms with Gasteiger partial charge >= 0.3 is 0 Å². The molecule has 0 radical (unpaired) electrons. The molecule has 0 bridgehead atoms. The van der Waals surface area contributed by atoms with Crippen LogP contribution in [-0.2, 0) is 4.79 Å². The summed E-state index contributed by atoms with van der Waals surface area (Å²) in [6, 6.07) is 0. The van der Waals surface area contributed by atoms with Gasteiger partial charge in [-0.3, -0.25) is 4.79 Å². The second-order valence-electron chi connectivity index (χ2n) is 2.04. The molecule has 0 aromatic carbocycles. The van der Waals surface area contributed by atoms with Crippen molar-refractivity contribution in [3.8, 4) is 0 Å². The van der Waals surface area contributed by atoms with Gasteiger partial charge in [-0.15, -0.1) is 0 Å². The van der Waals surface area contributed by atoms with Crippen LogP contribution in [0.4, 0.5) is 8.78 Å². The van der Waals surface area contributed by atoms with Crippen LogP contribution in [0, 0.1) is 5.92 Å². The van der Waals surface area contributed by atoms with E-state index in [1.807, 2.05) is 0 Å². The number of carbonyl (C=O) groups excluding carboxylic acids is 1. The zero-order valence-electron chi connectivity index (χ0n) is 5.61. The number of alkyl halides is 2.